The number of hydrogen-bond donors (Lipinski definition) is 1. The fourth-order valence-corrected chi connectivity index (χ4v) is 3.62. The maximum atomic E-state index is 13.2. The Labute approximate surface area is 178 Å². The Morgan fingerprint density at radius 1 is 1.03 bits per heavy atom. The minimum Gasteiger partial charge on any atom is -0.508 e. The largest absolute Gasteiger partial charge is 0.508 e. The van der Waals surface area contributed by atoms with Crippen molar-refractivity contribution in [3.63, 3.8) is 0 Å². The smallest absolute Gasteiger partial charge is 0.282 e. The number of benzene rings is 3. The summed E-state index contributed by atoms with van der Waals surface area (Å²) in [5.41, 5.74) is 1.57. The van der Waals surface area contributed by atoms with E-state index in [1.165, 1.54) is 10.9 Å². The van der Waals surface area contributed by atoms with Gasteiger partial charge < -0.3 is 9.52 Å². The SMILES string of the molecule is O=c1c2ccccc2nc(-c2cc3cc(Br)ccc3o2)n1N=Cc1cccc(O)c1. The third-order valence-corrected chi connectivity index (χ3v) is 5.14. The molecule has 30 heavy (non-hydrogen) atoms. The van der Waals surface area contributed by atoms with E-state index >= 15 is 0 Å². The first-order valence-corrected chi connectivity index (χ1v) is 9.92. The average molecular weight is 460 g/mol. The maximum Gasteiger partial charge on any atom is 0.282 e. The lowest BCUT2D eigenvalue weighted by atomic mass is 10.2. The number of rotatable bonds is 3. The fourth-order valence-electron chi connectivity index (χ4n) is 3.24. The van der Waals surface area contributed by atoms with Crippen LogP contribution >= 0.6 is 15.9 Å². The lowest BCUT2D eigenvalue weighted by molar-refractivity contribution is 0.475. The van der Waals surface area contributed by atoms with Crippen molar-refractivity contribution in [1.29, 1.82) is 0 Å². The molecule has 146 valence electrons. The number of aromatic nitrogens is 2. The number of nitrogens with zero attached hydrogens (tertiary/aromatic N) is 3. The van der Waals surface area contributed by atoms with Crippen molar-refractivity contribution < 1.29 is 9.52 Å². The van der Waals surface area contributed by atoms with Crippen LogP contribution in [0.4, 0.5) is 0 Å². The van der Waals surface area contributed by atoms with Crippen LogP contribution in [0.3, 0.4) is 0 Å². The standard InChI is InChI=1S/C23H14BrN3O3/c24-16-8-9-20-15(11-16)12-21(30-20)22-26-19-7-2-1-6-18(19)23(29)27(22)25-13-14-4-3-5-17(28)10-14/h1-13,28H. The first-order chi connectivity index (χ1) is 14.6. The predicted octanol–water partition coefficient (Wildman–Crippen LogP) is 5.16. The third kappa shape index (κ3) is 3.29. The average Bonchev–Trinajstić information content (AvgIpc) is 3.16. The van der Waals surface area contributed by atoms with E-state index in [4.69, 9.17) is 4.42 Å². The maximum absolute atomic E-state index is 13.2. The van der Waals surface area contributed by atoms with Crippen molar-refractivity contribution in [2.24, 2.45) is 5.10 Å². The molecule has 0 bridgehead atoms. The highest BCUT2D eigenvalue weighted by atomic mass is 79.9. The Bertz CT molecular complexity index is 1500. The van der Waals surface area contributed by atoms with Gasteiger partial charge in [-0.2, -0.15) is 9.78 Å². The molecule has 5 aromatic rings. The van der Waals surface area contributed by atoms with Crippen molar-refractivity contribution in [2.75, 3.05) is 0 Å². The van der Waals surface area contributed by atoms with Gasteiger partial charge in [0.25, 0.3) is 5.56 Å². The summed E-state index contributed by atoms with van der Waals surface area (Å²) in [5.74, 6) is 0.840. The van der Waals surface area contributed by atoms with E-state index in [9.17, 15) is 9.90 Å². The van der Waals surface area contributed by atoms with E-state index in [0.29, 0.717) is 33.6 Å². The first-order valence-electron chi connectivity index (χ1n) is 9.13. The van der Waals surface area contributed by atoms with Crippen molar-refractivity contribution in [3.8, 4) is 17.3 Å². The normalized spacial score (nSPS) is 11.6. The third-order valence-electron chi connectivity index (χ3n) is 4.65. The number of para-hydroxylation sites is 1. The number of halogens is 1. The summed E-state index contributed by atoms with van der Waals surface area (Å²) in [7, 11) is 0. The van der Waals surface area contributed by atoms with Crippen LogP contribution in [0.15, 0.2) is 91.6 Å². The van der Waals surface area contributed by atoms with Crippen molar-refractivity contribution >= 4 is 44.0 Å². The Balaban J connectivity index is 1.75. The van der Waals surface area contributed by atoms with Gasteiger partial charge >= 0.3 is 0 Å². The van der Waals surface area contributed by atoms with E-state index in [2.05, 4.69) is 26.0 Å². The summed E-state index contributed by atoms with van der Waals surface area (Å²) < 4.78 is 8.11. The van der Waals surface area contributed by atoms with Crippen molar-refractivity contribution in [1.82, 2.24) is 9.66 Å². The van der Waals surface area contributed by atoms with Crippen LogP contribution in [0.5, 0.6) is 5.75 Å². The van der Waals surface area contributed by atoms with E-state index in [1.807, 2.05) is 30.3 Å². The van der Waals surface area contributed by atoms with Crippen LogP contribution in [-0.2, 0) is 0 Å². The predicted molar refractivity (Wildman–Crippen MR) is 120 cm³/mol. The molecule has 3 aromatic carbocycles. The zero-order valence-electron chi connectivity index (χ0n) is 15.5. The summed E-state index contributed by atoms with van der Waals surface area (Å²) in [5, 5.41) is 15.4. The molecule has 0 aliphatic rings. The van der Waals surface area contributed by atoms with Crippen LogP contribution < -0.4 is 5.56 Å². The van der Waals surface area contributed by atoms with E-state index in [0.717, 1.165) is 9.86 Å². The minimum absolute atomic E-state index is 0.117. The topological polar surface area (TPSA) is 80.6 Å². The molecule has 2 heterocycles. The van der Waals surface area contributed by atoms with Gasteiger partial charge in [0.2, 0.25) is 5.82 Å². The number of aromatic hydroxyl groups is 1. The van der Waals surface area contributed by atoms with Crippen LogP contribution in [-0.4, -0.2) is 21.0 Å². The van der Waals surface area contributed by atoms with Gasteiger partial charge in [0, 0.05) is 9.86 Å². The monoisotopic (exact) mass is 459 g/mol. The molecule has 7 heteroatoms. The van der Waals surface area contributed by atoms with Crippen LogP contribution in [0, 0.1) is 0 Å². The van der Waals surface area contributed by atoms with Gasteiger partial charge in [-0.1, -0.05) is 40.2 Å². The number of hydrogen-bond acceptors (Lipinski definition) is 5. The highest BCUT2D eigenvalue weighted by Crippen LogP contribution is 2.29. The second-order valence-electron chi connectivity index (χ2n) is 6.70. The molecule has 0 unspecified atom stereocenters. The number of phenols is 1. The second kappa shape index (κ2) is 7.27. The zero-order chi connectivity index (χ0) is 20.7. The summed E-state index contributed by atoms with van der Waals surface area (Å²) >= 11 is 3.46. The van der Waals surface area contributed by atoms with Crippen molar-refractivity contribution in [3.05, 3.63) is 93.2 Å². The van der Waals surface area contributed by atoms with Gasteiger partial charge in [-0.25, -0.2) is 4.98 Å². The first kappa shape index (κ1) is 18.3. The quantitative estimate of drug-likeness (QED) is 0.377. The van der Waals surface area contributed by atoms with Gasteiger partial charge in [0.1, 0.15) is 11.3 Å². The van der Waals surface area contributed by atoms with Crippen LogP contribution in [0.2, 0.25) is 0 Å². The molecule has 2 aromatic heterocycles. The lowest BCUT2D eigenvalue weighted by Crippen LogP contribution is -2.20. The van der Waals surface area contributed by atoms with Crippen LogP contribution in [0.1, 0.15) is 5.56 Å². The molecule has 0 aliphatic carbocycles. The molecule has 0 aliphatic heterocycles. The molecular formula is C23H14BrN3O3. The Morgan fingerprint density at radius 3 is 2.77 bits per heavy atom. The Morgan fingerprint density at radius 2 is 1.90 bits per heavy atom. The van der Waals surface area contributed by atoms with Gasteiger partial charge in [-0.3, -0.25) is 4.79 Å². The van der Waals surface area contributed by atoms with Gasteiger partial charge in [-0.15, -0.1) is 0 Å². The Hall–Kier alpha value is -3.71. The summed E-state index contributed by atoms with van der Waals surface area (Å²) in [6.45, 7) is 0. The van der Waals surface area contributed by atoms with E-state index < -0.39 is 0 Å². The molecule has 0 saturated carbocycles. The van der Waals surface area contributed by atoms with Gasteiger partial charge in [0.05, 0.1) is 17.1 Å². The lowest BCUT2D eigenvalue weighted by Gasteiger charge is -2.07. The molecule has 0 spiro atoms. The molecule has 0 saturated heterocycles. The molecule has 6 nitrogen and oxygen atoms in total. The van der Waals surface area contributed by atoms with E-state index in [1.54, 1.807) is 42.5 Å². The van der Waals surface area contributed by atoms with Gasteiger partial charge in [0.15, 0.2) is 5.76 Å². The highest BCUT2D eigenvalue weighted by molar-refractivity contribution is 9.10. The highest BCUT2D eigenvalue weighted by Gasteiger charge is 2.16. The molecule has 0 radical (unpaired) electrons. The van der Waals surface area contributed by atoms with Gasteiger partial charge in [-0.05, 0) is 54.1 Å². The summed E-state index contributed by atoms with van der Waals surface area (Å²) in [4.78, 5) is 17.8. The molecular weight excluding hydrogens is 446 g/mol. The summed E-state index contributed by atoms with van der Waals surface area (Å²) in [6.07, 6.45) is 1.50. The summed E-state index contributed by atoms with van der Waals surface area (Å²) in [6, 6.07) is 21.2. The molecule has 0 atom stereocenters. The zero-order valence-corrected chi connectivity index (χ0v) is 17.1. The second-order valence-corrected chi connectivity index (χ2v) is 7.62. The molecule has 5 rings (SSSR count). The van der Waals surface area contributed by atoms with Crippen LogP contribution in [0.25, 0.3) is 33.5 Å². The number of fused-ring (bicyclic) bond motifs is 2. The number of furan rings is 1. The van der Waals surface area contributed by atoms with E-state index in [-0.39, 0.29) is 11.3 Å². The minimum atomic E-state index is -0.311. The Kier molecular flexibility index (Phi) is 4.44. The molecule has 0 fully saturated rings. The fraction of sp³-hybridized carbons (Fsp3) is 0. The molecule has 1 N–H and O–H groups in total. The number of phenolic OH excluding ortho intramolecular Hbond substituents is 1. The molecule has 0 amide bonds. The van der Waals surface area contributed by atoms with Crippen molar-refractivity contribution in [2.45, 2.75) is 0 Å².